The summed E-state index contributed by atoms with van der Waals surface area (Å²) >= 11 is 6.14. The SMILES string of the molecule is COc1ccc(CCNC(=O)CCc2nc3ccccc3n(Cc3cccc(Cl)c3)c2=O)cc1OC. The summed E-state index contributed by atoms with van der Waals surface area (Å²) in [4.78, 5) is 30.4. The fraction of sp³-hybridized carbons (Fsp3) is 0.250. The van der Waals surface area contributed by atoms with Gasteiger partial charge in [-0.2, -0.15) is 0 Å². The molecule has 0 saturated carbocycles. The maximum absolute atomic E-state index is 13.3. The van der Waals surface area contributed by atoms with Crippen LogP contribution in [0.15, 0.2) is 71.5 Å². The van der Waals surface area contributed by atoms with Crippen LogP contribution in [0.4, 0.5) is 0 Å². The third kappa shape index (κ3) is 6.04. The zero-order valence-electron chi connectivity index (χ0n) is 20.3. The van der Waals surface area contributed by atoms with Crippen molar-refractivity contribution >= 4 is 28.5 Å². The highest BCUT2D eigenvalue weighted by atomic mass is 35.5. The summed E-state index contributed by atoms with van der Waals surface area (Å²) in [6, 6.07) is 20.6. The van der Waals surface area contributed by atoms with Crippen molar-refractivity contribution in [1.29, 1.82) is 0 Å². The van der Waals surface area contributed by atoms with E-state index in [1.165, 1.54) is 0 Å². The van der Waals surface area contributed by atoms with E-state index in [-0.39, 0.29) is 24.3 Å². The van der Waals surface area contributed by atoms with Gasteiger partial charge in [0, 0.05) is 24.4 Å². The number of halogens is 1. The van der Waals surface area contributed by atoms with Crippen molar-refractivity contribution in [2.45, 2.75) is 25.8 Å². The van der Waals surface area contributed by atoms with Crippen molar-refractivity contribution in [3.05, 3.63) is 98.9 Å². The number of aryl methyl sites for hydroxylation is 1. The number of nitrogens with one attached hydrogen (secondary N) is 1. The number of amides is 1. The van der Waals surface area contributed by atoms with Crippen molar-refractivity contribution in [3.63, 3.8) is 0 Å². The fourth-order valence-corrected chi connectivity index (χ4v) is 4.30. The Morgan fingerprint density at radius 1 is 0.944 bits per heavy atom. The fourth-order valence-electron chi connectivity index (χ4n) is 4.09. The second-order valence-electron chi connectivity index (χ2n) is 8.36. The lowest BCUT2D eigenvalue weighted by Gasteiger charge is -2.13. The second kappa shape index (κ2) is 11.7. The Kier molecular flexibility index (Phi) is 8.23. The molecule has 0 radical (unpaired) electrons. The van der Waals surface area contributed by atoms with E-state index in [2.05, 4.69) is 10.3 Å². The number of para-hydroxylation sites is 2. The lowest BCUT2D eigenvalue weighted by Crippen LogP contribution is -2.29. The summed E-state index contributed by atoms with van der Waals surface area (Å²) in [5.41, 5.74) is 3.55. The summed E-state index contributed by atoms with van der Waals surface area (Å²) < 4.78 is 12.3. The molecule has 1 N–H and O–H groups in total. The highest BCUT2D eigenvalue weighted by molar-refractivity contribution is 6.30. The molecule has 0 aliphatic carbocycles. The van der Waals surface area contributed by atoms with Crippen LogP contribution in [0.1, 0.15) is 23.2 Å². The second-order valence-corrected chi connectivity index (χ2v) is 8.79. The van der Waals surface area contributed by atoms with Crippen molar-refractivity contribution in [2.24, 2.45) is 0 Å². The van der Waals surface area contributed by atoms with E-state index < -0.39 is 0 Å². The molecule has 36 heavy (non-hydrogen) atoms. The smallest absolute Gasteiger partial charge is 0.273 e. The number of benzene rings is 3. The molecule has 3 aromatic carbocycles. The van der Waals surface area contributed by atoms with Gasteiger partial charge < -0.3 is 19.4 Å². The molecule has 0 saturated heterocycles. The van der Waals surface area contributed by atoms with Crippen LogP contribution in [0.2, 0.25) is 5.02 Å². The molecular formula is C28H28ClN3O4. The van der Waals surface area contributed by atoms with Gasteiger partial charge in [-0.1, -0.05) is 41.9 Å². The minimum atomic E-state index is -0.202. The topological polar surface area (TPSA) is 82.5 Å². The zero-order valence-corrected chi connectivity index (χ0v) is 21.0. The quantitative estimate of drug-likeness (QED) is 0.345. The minimum absolute atomic E-state index is 0.133. The average Bonchev–Trinajstić information content (AvgIpc) is 2.89. The molecule has 0 fully saturated rings. The molecule has 0 aliphatic rings. The minimum Gasteiger partial charge on any atom is -0.493 e. The number of carbonyl (C=O) groups is 1. The molecule has 0 aliphatic heterocycles. The van der Waals surface area contributed by atoms with Gasteiger partial charge >= 0.3 is 0 Å². The Labute approximate surface area is 214 Å². The Hall–Kier alpha value is -3.84. The van der Waals surface area contributed by atoms with Gasteiger partial charge in [0.25, 0.3) is 5.56 Å². The summed E-state index contributed by atoms with van der Waals surface area (Å²) in [7, 11) is 3.18. The number of hydrogen-bond acceptors (Lipinski definition) is 5. The molecule has 1 amide bonds. The normalized spacial score (nSPS) is 10.9. The van der Waals surface area contributed by atoms with Crippen molar-refractivity contribution in [3.8, 4) is 11.5 Å². The van der Waals surface area contributed by atoms with Crippen LogP contribution in [0.5, 0.6) is 11.5 Å². The zero-order chi connectivity index (χ0) is 25.5. The van der Waals surface area contributed by atoms with Crippen LogP contribution in [0.25, 0.3) is 11.0 Å². The third-order valence-electron chi connectivity index (χ3n) is 5.92. The number of carbonyl (C=O) groups excluding carboxylic acids is 1. The van der Waals surface area contributed by atoms with Crippen LogP contribution < -0.4 is 20.3 Å². The predicted octanol–water partition coefficient (Wildman–Crippen LogP) is 4.41. The first-order valence-corrected chi connectivity index (χ1v) is 12.1. The molecule has 4 rings (SSSR count). The lowest BCUT2D eigenvalue weighted by molar-refractivity contribution is -0.121. The molecule has 7 nitrogen and oxygen atoms in total. The molecule has 8 heteroatoms. The lowest BCUT2D eigenvalue weighted by atomic mass is 10.1. The number of hydrogen-bond donors (Lipinski definition) is 1. The van der Waals surface area contributed by atoms with Crippen LogP contribution in [-0.2, 0) is 24.2 Å². The predicted molar refractivity (Wildman–Crippen MR) is 141 cm³/mol. The van der Waals surface area contributed by atoms with Crippen LogP contribution >= 0.6 is 11.6 Å². The molecule has 1 heterocycles. The van der Waals surface area contributed by atoms with Gasteiger partial charge in [0.15, 0.2) is 11.5 Å². The monoisotopic (exact) mass is 505 g/mol. The van der Waals surface area contributed by atoms with Crippen LogP contribution in [0, 0.1) is 0 Å². The molecular weight excluding hydrogens is 478 g/mol. The number of rotatable bonds is 10. The number of ether oxygens (including phenoxy) is 2. The Balaban J connectivity index is 1.42. The first kappa shape index (κ1) is 25.3. The van der Waals surface area contributed by atoms with Gasteiger partial charge in [-0.3, -0.25) is 9.59 Å². The van der Waals surface area contributed by atoms with Gasteiger partial charge in [-0.25, -0.2) is 4.98 Å². The summed E-state index contributed by atoms with van der Waals surface area (Å²) in [6.07, 6.45) is 1.07. The van der Waals surface area contributed by atoms with E-state index in [0.717, 1.165) is 16.6 Å². The van der Waals surface area contributed by atoms with Gasteiger partial charge in [-0.15, -0.1) is 0 Å². The van der Waals surface area contributed by atoms with Crippen LogP contribution in [-0.4, -0.2) is 36.2 Å². The van der Waals surface area contributed by atoms with Gasteiger partial charge in [0.05, 0.1) is 31.8 Å². The first-order valence-electron chi connectivity index (χ1n) is 11.7. The number of methoxy groups -OCH3 is 2. The van der Waals surface area contributed by atoms with Crippen molar-refractivity contribution in [2.75, 3.05) is 20.8 Å². The molecule has 186 valence electrons. The maximum atomic E-state index is 13.3. The highest BCUT2D eigenvalue weighted by Crippen LogP contribution is 2.27. The van der Waals surface area contributed by atoms with Crippen molar-refractivity contribution < 1.29 is 14.3 Å². The van der Waals surface area contributed by atoms with E-state index in [1.54, 1.807) is 24.9 Å². The van der Waals surface area contributed by atoms with E-state index in [4.69, 9.17) is 21.1 Å². The van der Waals surface area contributed by atoms with Gasteiger partial charge in [-0.05, 0) is 53.9 Å². The van der Waals surface area contributed by atoms with E-state index >= 15 is 0 Å². The molecule has 0 bridgehead atoms. The maximum Gasteiger partial charge on any atom is 0.273 e. The summed E-state index contributed by atoms with van der Waals surface area (Å²) in [5, 5.41) is 3.54. The molecule has 0 unspecified atom stereocenters. The van der Waals surface area contributed by atoms with E-state index in [0.29, 0.717) is 47.2 Å². The number of fused-ring (bicyclic) bond motifs is 1. The van der Waals surface area contributed by atoms with Gasteiger partial charge in [0.1, 0.15) is 5.69 Å². The summed E-state index contributed by atoms with van der Waals surface area (Å²) in [6.45, 7) is 0.839. The molecule has 4 aromatic rings. The van der Waals surface area contributed by atoms with Crippen molar-refractivity contribution in [1.82, 2.24) is 14.9 Å². The highest BCUT2D eigenvalue weighted by Gasteiger charge is 2.13. The number of nitrogens with zero attached hydrogens (tertiary/aromatic N) is 2. The van der Waals surface area contributed by atoms with E-state index in [9.17, 15) is 9.59 Å². The Morgan fingerprint density at radius 2 is 1.75 bits per heavy atom. The largest absolute Gasteiger partial charge is 0.493 e. The average molecular weight is 506 g/mol. The molecule has 0 spiro atoms. The standard InChI is InChI=1S/C28H28ClN3O4/c1-35-25-12-10-19(17-26(25)36-2)14-15-30-27(33)13-11-23-28(34)32(18-20-6-5-7-21(29)16-20)24-9-4-3-8-22(24)31-23/h3-10,12,16-17H,11,13-15,18H2,1-2H3,(H,30,33). The Morgan fingerprint density at radius 3 is 2.53 bits per heavy atom. The first-order chi connectivity index (χ1) is 17.5. The number of aromatic nitrogens is 2. The third-order valence-corrected chi connectivity index (χ3v) is 6.16. The Bertz CT molecular complexity index is 1430. The van der Waals surface area contributed by atoms with Crippen LogP contribution in [0.3, 0.4) is 0 Å². The van der Waals surface area contributed by atoms with E-state index in [1.807, 2.05) is 60.7 Å². The summed E-state index contributed by atoms with van der Waals surface area (Å²) in [5.74, 6) is 1.18. The van der Waals surface area contributed by atoms with Gasteiger partial charge in [0.2, 0.25) is 5.91 Å². The molecule has 1 aromatic heterocycles. The molecule has 0 atom stereocenters.